The largest absolute Gasteiger partial charge is 0.467 e. The molecule has 0 aliphatic rings. The summed E-state index contributed by atoms with van der Waals surface area (Å²) in [6.07, 6.45) is 0.429. The van der Waals surface area contributed by atoms with Gasteiger partial charge in [0.15, 0.2) is 13.1 Å². The van der Waals surface area contributed by atoms with Crippen LogP contribution in [0.25, 0.3) is 0 Å². The van der Waals surface area contributed by atoms with Crippen molar-refractivity contribution in [3.8, 4) is 5.75 Å². The first-order valence-electron chi connectivity index (χ1n) is 4.04. The average Bonchev–Trinajstić information content (AvgIpc) is 2.25. The lowest BCUT2D eigenvalue weighted by Crippen LogP contribution is -2.00. The van der Waals surface area contributed by atoms with Crippen molar-refractivity contribution >= 4 is 12.0 Å². The van der Waals surface area contributed by atoms with Gasteiger partial charge in [-0.05, 0) is 12.1 Å². The highest BCUT2D eigenvalue weighted by Gasteiger charge is 2.14. The van der Waals surface area contributed by atoms with E-state index in [0.717, 1.165) is 0 Å². The highest BCUT2D eigenvalue weighted by molar-refractivity contribution is 5.81. The van der Waals surface area contributed by atoms with Crippen LogP contribution in [0.15, 0.2) is 18.2 Å². The van der Waals surface area contributed by atoms with Gasteiger partial charge in [-0.1, -0.05) is 0 Å². The highest BCUT2D eigenvalue weighted by Crippen LogP contribution is 2.23. The summed E-state index contributed by atoms with van der Waals surface area (Å²) in [5.74, 6) is 0.286. The van der Waals surface area contributed by atoms with E-state index in [0.29, 0.717) is 6.29 Å². The molecule has 0 amide bonds. The molecule has 1 rings (SSSR count). The van der Waals surface area contributed by atoms with Crippen molar-refractivity contribution in [1.29, 1.82) is 0 Å². The molecule has 0 aliphatic heterocycles. The quantitative estimate of drug-likeness (QED) is 0.318. The van der Waals surface area contributed by atoms with Crippen LogP contribution in [0.2, 0.25) is 0 Å². The molecule has 80 valence electrons. The van der Waals surface area contributed by atoms with Crippen molar-refractivity contribution in [2.45, 2.75) is 0 Å². The van der Waals surface area contributed by atoms with E-state index in [1.165, 1.54) is 25.3 Å². The SMILES string of the molecule is COCOc1ccc(C=O)c([N+](=O)[O-])c1. The minimum atomic E-state index is -0.636. The van der Waals surface area contributed by atoms with Gasteiger partial charge >= 0.3 is 0 Å². The third kappa shape index (κ3) is 2.75. The Balaban J connectivity index is 2.99. The molecular weight excluding hydrogens is 202 g/mol. The smallest absolute Gasteiger partial charge is 0.283 e. The Labute approximate surface area is 85.6 Å². The number of methoxy groups -OCH3 is 1. The summed E-state index contributed by atoms with van der Waals surface area (Å²) in [5, 5.41) is 10.6. The summed E-state index contributed by atoms with van der Waals surface area (Å²) < 4.78 is 9.64. The molecule has 0 saturated carbocycles. The standard InChI is InChI=1S/C9H9NO5/c1-14-6-15-8-3-2-7(5-11)9(4-8)10(12)13/h2-5H,6H2,1H3. The summed E-state index contributed by atoms with van der Waals surface area (Å²) in [6.45, 7) is -0.00239. The Bertz CT molecular complexity index is 377. The Kier molecular flexibility index (Phi) is 3.75. The van der Waals surface area contributed by atoms with Gasteiger partial charge in [0.1, 0.15) is 5.75 Å². The van der Waals surface area contributed by atoms with Crippen LogP contribution in [0.4, 0.5) is 5.69 Å². The number of nitrogens with zero attached hydrogens (tertiary/aromatic N) is 1. The first-order chi connectivity index (χ1) is 7.19. The summed E-state index contributed by atoms with van der Waals surface area (Å²) >= 11 is 0. The van der Waals surface area contributed by atoms with Crippen molar-refractivity contribution in [1.82, 2.24) is 0 Å². The van der Waals surface area contributed by atoms with Gasteiger partial charge in [-0.15, -0.1) is 0 Å². The first kappa shape index (κ1) is 11.1. The molecule has 0 saturated heterocycles. The van der Waals surface area contributed by atoms with Crippen LogP contribution in [-0.2, 0) is 4.74 Å². The van der Waals surface area contributed by atoms with E-state index in [9.17, 15) is 14.9 Å². The van der Waals surface area contributed by atoms with Crippen LogP contribution in [0, 0.1) is 10.1 Å². The maximum absolute atomic E-state index is 10.6. The fourth-order valence-corrected chi connectivity index (χ4v) is 0.998. The number of aldehydes is 1. The Morgan fingerprint density at radius 3 is 2.80 bits per heavy atom. The van der Waals surface area contributed by atoms with Crippen LogP contribution >= 0.6 is 0 Å². The van der Waals surface area contributed by atoms with Crippen molar-refractivity contribution < 1.29 is 19.2 Å². The molecule has 0 atom stereocenters. The maximum atomic E-state index is 10.6. The molecule has 1 aromatic rings. The van der Waals surface area contributed by atoms with Crippen molar-refractivity contribution in [3.63, 3.8) is 0 Å². The monoisotopic (exact) mass is 211 g/mol. The minimum absolute atomic E-state index is 0.00239. The number of nitro groups is 1. The fourth-order valence-electron chi connectivity index (χ4n) is 0.998. The molecule has 0 radical (unpaired) electrons. The number of nitro benzene ring substituents is 1. The van der Waals surface area contributed by atoms with Crippen LogP contribution < -0.4 is 4.74 Å². The molecule has 0 fully saturated rings. The first-order valence-corrected chi connectivity index (χ1v) is 4.04. The zero-order valence-electron chi connectivity index (χ0n) is 8.00. The van der Waals surface area contributed by atoms with Crippen LogP contribution in [0.1, 0.15) is 10.4 Å². The second-order valence-corrected chi connectivity index (χ2v) is 2.65. The molecule has 0 unspecified atom stereocenters. The number of hydrogen-bond donors (Lipinski definition) is 0. The molecule has 1 aromatic carbocycles. The summed E-state index contributed by atoms with van der Waals surface area (Å²) in [6, 6.07) is 3.98. The Hall–Kier alpha value is -1.95. The Morgan fingerprint density at radius 2 is 2.27 bits per heavy atom. The van der Waals surface area contributed by atoms with Crippen molar-refractivity contribution in [2.75, 3.05) is 13.9 Å². The van der Waals surface area contributed by atoms with Gasteiger partial charge in [-0.25, -0.2) is 0 Å². The normalized spacial score (nSPS) is 9.67. The number of ether oxygens (including phenoxy) is 2. The number of rotatable bonds is 5. The lowest BCUT2D eigenvalue weighted by molar-refractivity contribution is -0.385. The number of carbonyl (C=O) groups excluding carboxylic acids is 1. The topological polar surface area (TPSA) is 78.7 Å². The molecular formula is C9H9NO5. The third-order valence-corrected chi connectivity index (χ3v) is 1.67. The van der Waals surface area contributed by atoms with Crippen LogP contribution in [0.5, 0.6) is 5.75 Å². The van der Waals surface area contributed by atoms with Crippen LogP contribution in [-0.4, -0.2) is 25.1 Å². The maximum Gasteiger partial charge on any atom is 0.283 e. The van der Waals surface area contributed by atoms with Gasteiger partial charge in [0.05, 0.1) is 16.6 Å². The minimum Gasteiger partial charge on any atom is -0.467 e. The Morgan fingerprint density at radius 1 is 1.53 bits per heavy atom. The third-order valence-electron chi connectivity index (χ3n) is 1.67. The molecule has 0 bridgehead atoms. The molecule has 6 heteroatoms. The van der Waals surface area contributed by atoms with Gasteiger partial charge < -0.3 is 9.47 Å². The van der Waals surface area contributed by atoms with Gasteiger partial charge in [0.2, 0.25) is 0 Å². The van der Waals surface area contributed by atoms with E-state index >= 15 is 0 Å². The summed E-state index contributed by atoms with van der Waals surface area (Å²) in [7, 11) is 1.44. The lowest BCUT2D eigenvalue weighted by atomic mass is 10.2. The zero-order chi connectivity index (χ0) is 11.3. The number of benzene rings is 1. The van der Waals surface area contributed by atoms with E-state index in [2.05, 4.69) is 4.74 Å². The van der Waals surface area contributed by atoms with Gasteiger partial charge in [0.25, 0.3) is 5.69 Å². The predicted octanol–water partition coefficient (Wildman–Crippen LogP) is 1.39. The van der Waals surface area contributed by atoms with E-state index in [1.54, 1.807) is 0 Å². The predicted molar refractivity (Wildman–Crippen MR) is 51.0 cm³/mol. The molecule has 15 heavy (non-hydrogen) atoms. The van der Waals surface area contributed by atoms with Crippen LogP contribution in [0.3, 0.4) is 0 Å². The van der Waals surface area contributed by atoms with E-state index in [1.807, 2.05) is 0 Å². The molecule has 0 N–H and O–H groups in total. The van der Waals surface area contributed by atoms with Gasteiger partial charge in [-0.3, -0.25) is 14.9 Å². The molecule has 0 spiro atoms. The zero-order valence-corrected chi connectivity index (χ0v) is 8.00. The second kappa shape index (κ2) is 5.06. The summed E-state index contributed by atoms with van der Waals surface area (Å²) in [5.41, 5.74) is -0.261. The van der Waals surface area contributed by atoms with Gasteiger partial charge in [-0.2, -0.15) is 0 Å². The van der Waals surface area contributed by atoms with E-state index < -0.39 is 4.92 Å². The average molecular weight is 211 g/mol. The number of carbonyl (C=O) groups is 1. The van der Waals surface area contributed by atoms with Gasteiger partial charge in [0, 0.05) is 7.11 Å². The van der Waals surface area contributed by atoms with E-state index in [-0.39, 0.29) is 23.8 Å². The lowest BCUT2D eigenvalue weighted by Gasteiger charge is -2.04. The molecule has 0 aliphatic carbocycles. The van der Waals surface area contributed by atoms with Crippen molar-refractivity contribution in [2.24, 2.45) is 0 Å². The second-order valence-electron chi connectivity index (χ2n) is 2.65. The molecule has 6 nitrogen and oxygen atoms in total. The number of hydrogen-bond acceptors (Lipinski definition) is 5. The van der Waals surface area contributed by atoms with Crippen molar-refractivity contribution in [3.05, 3.63) is 33.9 Å². The fraction of sp³-hybridized carbons (Fsp3) is 0.222. The molecule has 0 heterocycles. The molecule has 0 aromatic heterocycles. The summed E-state index contributed by atoms with van der Waals surface area (Å²) in [4.78, 5) is 20.4. The highest BCUT2D eigenvalue weighted by atomic mass is 16.7. The van der Waals surface area contributed by atoms with E-state index in [4.69, 9.17) is 4.74 Å².